The van der Waals surface area contributed by atoms with Crippen LogP contribution in [-0.4, -0.2) is 24.2 Å². The Balaban J connectivity index is 2.63. The molecule has 0 spiro atoms. The average molecular weight is 249 g/mol. The van der Waals surface area contributed by atoms with E-state index in [-0.39, 0.29) is 6.61 Å². The highest BCUT2D eigenvalue weighted by Crippen LogP contribution is 2.18. The normalized spacial score (nSPS) is 9.94. The Hall–Kier alpha value is -1.84. The van der Waals surface area contributed by atoms with Crippen molar-refractivity contribution in [3.05, 3.63) is 35.7 Å². The first kappa shape index (κ1) is 14.2. The predicted molar refractivity (Wildman–Crippen MR) is 69.6 cm³/mol. The van der Waals surface area contributed by atoms with Crippen LogP contribution in [0, 0.1) is 6.92 Å². The van der Waals surface area contributed by atoms with Gasteiger partial charge in [0.05, 0.1) is 17.9 Å². The fourth-order valence-electron chi connectivity index (χ4n) is 1.44. The summed E-state index contributed by atoms with van der Waals surface area (Å²) < 4.78 is 10.4. The van der Waals surface area contributed by atoms with Gasteiger partial charge in [0, 0.05) is 5.69 Å². The number of carbonyl (C=O) groups is 1. The molecule has 98 valence electrons. The summed E-state index contributed by atoms with van der Waals surface area (Å²) in [5.74, 6) is 0.268. The van der Waals surface area contributed by atoms with E-state index in [1.54, 1.807) is 6.92 Å². The van der Waals surface area contributed by atoms with Gasteiger partial charge < -0.3 is 9.47 Å². The number of rotatable bonds is 6. The van der Waals surface area contributed by atoms with Crippen LogP contribution in [-0.2, 0) is 16.0 Å². The Morgan fingerprint density at radius 3 is 2.72 bits per heavy atom. The van der Waals surface area contributed by atoms with E-state index < -0.39 is 5.97 Å². The first-order chi connectivity index (χ1) is 8.58. The molecule has 0 bridgehead atoms. The second-order valence-electron chi connectivity index (χ2n) is 3.86. The molecule has 0 aliphatic carbocycles. The Kier molecular flexibility index (Phi) is 5.36. The van der Waals surface area contributed by atoms with Crippen molar-refractivity contribution in [3.63, 3.8) is 0 Å². The number of esters is 1. The maximum atomic E-state index is 11.4. The Bertz CT molecular complexity index is 441. The highest BCUT2D eigenvalue weighted by molar-refractivity contribution is 5.88. The minimum absolute atomic E-state index is 0.122. The van der Waals surface area contributed by atoms with Crippen LogP contribution in [0.15, 0.2) is 24.3 Å². The number of carbonyl (C=O) groups excluding carboxylic acids is 1. The number of ether oxygens (including phenoxy) is 2. The molecule has 4 heteroatoms. The molecule has 0 radical (unpaired) electrons. The smallest absolute Gasteiger partial charge is 0.336 e. The summed E-state index contributed by atoms with van der Waals surface area (Å²) in [7, 11) is 0. The molecule has 0 amide bonds. The lowest BCUT2D eigenvalue weighted by Gasteiger charge is -2.11. The molecule has 1 aromatic rings. The van der Waals surface area contributed by atoms with Gasteiger partial charge in [-0.1, -0.05) is 13.5 Å². The topological polar surface area (TPSA) is 48.4 Å². The summed E-state index contributed by atoms with van der Waals surface area (Å²) in [6.07, 6.45) is 0.781. The minimum atomic E-state index is -0.421. The highest BCUT2D eigenvalue weighted by Gasteiger charge is 2.10. The van der Waals surface area contributed by atoms with E-state index in [0.29, 0.717) is 17.9 Å². The fraction of sp³-hybridized carbons (Fsp3) is 0.429. The van der Waals surface area contributed by atoms with E-state index >= 15 is 0 Å². The van der Waals surface area contributed by atoms with Gasteiger partial charge in [0.2, 0.25) is 0 Å². The van der Waals surface area contributed by atoms with Crippen molar-refractivity contribution in [1.82, 2.24) is 4.98 Å². The third-order valence-electron chi connectivity index (χ3n) is 2.37. The Morgan fingerprint density at radius 1 is 1.39 bits per heavy atom. The molecule has 0 fully saturated rings. The largest absolute Gasteiger partial charge is 0.487 e. The molecule has 0 aliphatic rings. The summed E-state index contributed by atoms with van der Waals surface area (Å²) >= 11 is 0. The molecule has 1 heterocycles. The van der Waals surface area contributed by atoms with Crippen LogP contribution < -0.4 is 4.74 Å². The second-order valence-corrected chi connectivity index (χ2v) is 3.86. The van der Waals surface area contributed by atoms with Crippen molar-refractivity contribution in [2.24, 2.45) is 0 Å². The first-order valence-electron chi connectivity index (χ1n) is 6.02. The van der Waals surface area contributed by atoms with Gasteiger partial charge >= 0.3 is 5.97 Å². The molecule has 0 saturated heterocycles. The maximum Gasteiger partial charge on any atom is 0.336 e. The molecule has 1 rings (SSSR count). The molecule has 0 unspecified atom stereocenters. The van der Waals surface area contributed by atoms with Gasteiger partial charge in [0.25, 0.3) is 0 Å². The zero-order valence-electron chi connectivity index (χ0n) is 11.2. The first-order valence-corrected chi connectivity index (χ1v) is 6.02. The zero-order valence-corrected chi connectivity index (χ0v) is 11.2. The SMILES string of the molecule is C=C(COc1ccc(C)nc1CC)C(=O)OCC. The number of hydrogen-bond donors (Lipinski definition) is 0. The maximum absolute atomic E-state index is 11.4. The molecule has 0 atom stereocenters. The van der Waals surface area contributed by atoms with E-state index in [1.165, 1.54) is 0 Å². The van der Waals surface area contributed by atoms with Gasteiger partial charge in [-0.05, 0) is 32.4 Å². The number of aryl methyl sites for hydroxylation is 2. The number of hydrogen-bond acceptors (Lipinski definition) is 4. The van der Waals surface area contributed by atoms with E-state index in [9.17, 15) is 4.79 Å². The van der Waals surface area contributed by atoms with Crippen LogP contribution in [0.2, 0.25) is 0 Å². The molecule has 0 aromatic carbocycles. The molecule has 4 nitrogen and oxygen atoms in total. The molecule has 0 saturated carbocycles. The number of nitrogens with zero attached hydrogens (tertiary/aromatic N) is 1. The van der Waals surface area contributed by atoms with E-state index in [4.69, 9.17) is 9.47 Å². The molecular formula is C14H19NO3. The van der Waals surface area contributed by atoms with E-state index in [1.807, 2.05) is 26.0 Å². The van der Waals surface area contributed by atoms with E-state index in [2.05, 4.69) is 11.6 Å². The van der Waals surface area contributed by atoms with Crippen LogP contribution in [0.5, 0.6) is 5.75 Å². The molecule has 0 N–H and O–H groups in total. The summed E-state index contributed by atoms with van der Waals surface area (Å²) in [6.45, 7) is 9.80. The van der Waals surface area contributed by atoms with Gasteiger partial charge in [-0.25, -0.2) is 4.79 Å². The molecular weight excluding hydrogens is 230 g/mol. The lowest BCUT2D eigenvalue weighted by Crippen LogP contribution is -2.14. The molecule has 0 aliphatic heterocycles. The van der Waals surface area contributed by atoms with Gasteiger partial charge in [-0.2, -0.15) is 0 Å². The highest BCUT2D eigenvalue weighted by atomic mass is 16.5. The van der Waals surface area contributed by atoms with Crippen molar-refractivity contribution >= 4 is 5.97 Å². The third kappa shape index (κ3) is 3.87. The van der Waals surface area contributed by atoms with Crippen molar-refractivity contribution in [3.8, 4) is 5.75 Å². The number of aromatic nitrogens is 1. The summed E-state index contributed by atoms with van der Waals surface area (Å²) in [6, 6.07) is 3.74. The van der Waals surface area contributed by atoms with Crippen molar-refractivity contribution in [2.45, 2.75) is 27.2 Å². The quantitative estimate of drug-likeness (QED) is 0.574. The molecule has 1 aromatic heterocycles. The van der Waals surface area contributed by atoms with Crippen molar-refractivity contribution in [1.29, 1.82) is 0 Å². The van der Waals surface area contributed by atoms with Crippen LogP contribution in [0.1, 0.15) is 25.2 Å². The number of pyridine rings is 1. The zero-order chi connectivity index (χ0) is 13.5. The van der Waals surface area contributed by atoms with Crippen LogP contribution in [0.4, 0.5) is 0 Å². The second kappa shape index (κ2) is 6.79. The monoisotopic (exact) mass is 249 g/mol. The van der Waals surface area contributed by atoms with Crippen molar-refractivity contribution in [2.75, 3.05) is 13.2 Å². The minimum Gasteiger partial charge on any atom is -0.487 e. The lowest BCUT2D eigenvalue weighted by atomic mass is 10.2. The summed E-state index contributed by atoms with van der Waals surface area (Å²) in [5.41, 5.74) is 2.13. The van der Waals surface area contributed by atoms with Crippen molar-refractivity contribution < 1.29 is 14.3 Å². The van der Waals surface area contributed by atoms with Gasteiger partial charge in [0.1, 0.15) is 12.4 Å². The Labute approximate surface area is 108 Å². The van der Waals surface area contributed by atoms with Gasteiger partial charge in [-0.15, -0.1) is 0 Å². The predicted octanol–water partition coefficient (Wildman–Crippen LogP) is 2.45. The lowest BCUT2D eigenvalue weighted by molar-refractivity contribution is -0.138. The summed E-state index contributed by atoms with van der Waals surface area (Å²) in [4.78, 5) is 15.7. The molecule has 18 heavy (non-hydrogen) atoms. The van der Waals surface area contributed by atoms with Gasteiger partial charge in [-0.3, -0.25) is 4.98 Å². The fourth-order valence-corrected chi connectivity index (χ4v) is 1.44. The van der Waals surface area contributed by atoms with Crippen LogP contribution >= 0.6 is 0 Å². The van der Waals surface area contributed by atoms with Crippen LogP contribution in [0.3, 0.4) is 0 Å². The van der Waals surface area contributed by atoms with Crippen LogP contribution in [0.25, 0.3) is 0 Å². The van der Waals surface area contributed by atoms with Gasteiger partial charge in [0.15, 0.2) is 0 Å². The summed E-state index contributed by atoms with van der Waals surface area (Å²) in [5, 5.41) is 0. The average Bonchev–Trinajstić information content (AvgIpc) is 2.37. The Morgan fingerprint density at radius 2 is 2.11 bits per heavy atom. The standard InChI is InChI=1S/C14H19NO3/c1-5-12-13(8-7-11(4)15-12)18-9-10(3)14(16)17-6-2/h7-8H,3,5-6,9H2,1-2,4H3. The van der Waals surface area contributed by atoms with E-state index in [0.717, 1.165) is 17.8 Å². The third-order valence-corrected chi connectivity index (χ3v) is 2.37.